The van der Waals surface area contributed by atoms with Gasteiger partial charge in [-0.05, 0) is 54.5 Å². The molecular formula is C20H21NaO3S4. The molecular weight excluding hydrogens is 439 g/mol. The second-order valence-electron chi connectivity index (χ2n) is 6.31. The van der Waals surface area contributed by atoms with Crippen LogP contribution in [0, 0.1) is 3.82 Å². The van der Waals surface area contributed by atoms with Crippen LogP contribution in [0.5, 0.6) is 0 Å². The molecule has 1 N–H and O–H groups in total. The van der Waals surface area contributed by atoms with E-state index in [4.69, 9.17) is 16.8 Å². The summed E-state index contributed by atoms with van der Waals surface area (Å²) in [5.41, 5.74) is 3.61. The molecule has 0 aliphatic heterocycles. The van der Waals surface area contributed by atoms with Gasteiger partial charge in [-0.25, -0.2) is 0 Å². The SMILES string of the molecule is O=S(=O)(O)c1ccc(CCCCCc2c(-c3ccccc3)ssc2=S)cc1.[NaH]. The summed E-state index contributed by atoms with van der Waals surface area (Å²) < 4.78 is 32.1. The average Bonchev–Trinajstić information content (AvgIpc) is 3.02. The molecule has 0 unspecified atom stereocenters. The molecule has 0 bridgehead atoms. The van der Waals surface area contributed by atoms with Crippen molar-refractivity contribution in [1.82, 2.24) is 0 Å². The first-order valence-corrected chi connectivity index (χ1v) is 12.7. The number of hydrogen-bond acceptors (Lipinski definition) is 5. The minimum absolute atomic E-state index is 0. The molecule has 0 saturated carbocycles. The zero-order valence-corrected chi connectivity index (χ0v) is 17.9. The first-order chi connectivity index (χ1) is 12.9. The molecule has 2 aromatic carbocycles. The maximum atomic E-state index is 11.1. The van der Waals surface area contributed by atoms with Crippen molar-refractivity contribution in [1.29, 1.82) is 0 Å². The van der Waals surface area contributed by atoms with E-state index in [0.717, 1.165) is 41.5 Å². The maximum absolute atomic E-state index is 11.1. The molecule has 28 heavy (non-hydrogen) atoms. The van der Waals surface area contributed by atoms with Gasteiger partial charge in [0.2, 0.25) is 0 Å². The Kier molecular flexibility index (Phi) is 9.50. The zero-order valence-electron chi connectivity index (χ0n) is 14.6. The van der Waals surface area contributed by atoms with Gasteiger partial charge in [0.15, 0.2) is 0 Å². The Morgan fingerprint density at radius 1 is 0.857 bits per heavy atom. The Hall–Kier alpha value is -0.380. The molecule has 0 radical (unpaired) electrons. The Morgan fingerprint density at radius 2 is 1.50 bits per heavy atom. The number of aryl methyl sites for hydroxylation is 1. The molecule has 8 heteroatoms. The number of rotatable bonds is 8. The molecule has 1 aromatic heterocycles. The van der Waals surface area contributed by atoms with Crippen molar-refractivity contribution >= 4 is 72.6 Å². The summed E-state index contributed by atoms with van der Waals surface area (Å²) in [7, 11) is -0.675. The van der Waals surface area contributed by atoms with E-state index in [1.54, 1.807) is 32.8 Å². The zero-order chi connectivity index (χ0) is 19.3. The van der Waals surface area contributed by atoms with Gasteiger partial charge in [-0.15, -0.1) is 0 Å². The van der Waals surface area contributed by atoms with E-state index in [0.29, 0.717) is 0 Å². The molecule has 0 aliphatic rings. The fourth-order valence-corrected chi connectivity index (χ4v) is 6.43. The van der Waals surface area contributed by atoms with E-state index in [1.165, 1.54) is 28.1 Å². The summed E-state index contributed by atoms with van der Waals surface area (Å²) >= 11 is 5.53. The van der Waals surface area contributed by atoms with Crippen molar-refractivity contribution in [2.45, 2.75) is 37.0 Å². The van der Waals surface area contributed by atoms with Crippen LogP contribution in [0.4, 0.5) is 0 Å². The first kappa shape index (κ1) is 23.9. The van der Waals surface area contributed by atoms with Crippen LogP contribution < -0.4 is 0 Å². The van der Waals surface area contributed by atoms with Gasteiger partial charge in [-0.2, -0.15) is 8.42 Å². The van der Waals surface area contributed by atoms with Crippen molar-refractivity contribution in [2.24, 2.45) is 0 Å². The van der Waals surface area contributed by atoms with Crippen LogP contribution in [0.3, 0.4) is 0 Å². The number of benzene rings is 2. The molecule has 3 rings (SSSR count). The Bertz CT molecular complexity index is 1040. The number of unbranched alkanes of at least 4 members (excludes halogenated alkanes) is 2. The van der Waals surface area contributed by atoms with Crippen LogP contribution in [0.1, 0.15) is 30.4 Å². The van der Waals surface area contributed by atoms with Gasteiger partial charge in [0.1, 0.15) is 3.82 Å². The fourth-order valence-electron chi connectivity index (χ4n) is 2.94. The second-order valence-corrected chi connectivity index (χ2v) is 10.5. The van der Waals surface area contributed by atoms with E-state index < -0.39 is 10.1 Å². The molecule has 0 fully saturated rings. The molecule has 0 saturated heterocycles. The molecule has 0 atom stereocenters. The van der Waals surface area contributed by atoms with Crippen molar-refractivity contribution in [3.8, 4) is 10.4 Å². The summed E-state index contributed by atoms with van der Waals surface area (Å²) in [5.74, 6) is 0. The van der Waals surface area contributed by atoms with Gasteiger partial charge in [-0.3, -0.25) is 4.55 Å². The van der Waals surface area contributed by atoms with E-state index in [1.807, 2.05) is 6.07 Å². The van der Waals surface area contributed by atoms with E-state index >= 15 is 0 Å². The molecule has 144 valence electrons. The quantitative estimate of drug-likeness (QED) is 0.153. The van der Waals surface area contributed by atoms with Crippen LogP contribution in [0.25, 0.3) is 10.4 Å². The molecule has 0 spiro atoms. The minimum atomic E-state index is -4.11. The van der Waals surface area contributed by atoms with Gasteiger partial charge in [0.25, 0.3) is 10.1 Å². The van der Waals surface area contributed by atoms with Crippen LogP contribution in [0.15, 0.2) is 59.5 Å². The predicted molar refractivity (Wildman–Crippen MR) is 123 cm³/mol. The Labute approximate surface area is 200 Å². The van der Waals surface area contributed by atoms with Gasteiger partial charge >= 0.3 is 29.6 Å². The van der Waals surface area contributed by atoms with Crippen molar-refractivity contribution < 1.29 is 13.0 Å². The van der Waals surface area contributed by atoms with Gasteiger partial charge in [0.05, 0.1) is 9.77 Å². The summed E-state index contributed by atoms with van der Waals surface area (Å²) in [6.45, 7) is 0. The van der Waals surface area contributed by atoms with Crippen LogP contribution in [-0.4, -0.2) is 42.5 Å². The Morgan fingerprint density at radius 3 is 2.14 bits per heavy atom. The molecule has 0 amide bonds. The molecule has 1 heterocycles. The van der Waals surface area contributed by atoms with E-state index in [9.17, 15) is 8.42 Å². The predicted octanol–water partition coefficient (Wildman–Crippen LogP) is 5.76. The third kappa shape index (κ3) is 6.57. The van der Waals surface area contributed by atoms with E-state index in [2.05, 4.69) is 24.3 Å². The summed E-state index contributed by atoms with van der Waals surface area (Å²) in [6.07, 6.45) is 5.08. The third-order valence-electron chi connectivity index (χ3n) is 4.37. The normalized spacial score (nSPS) is 11.2. The van der Waals surface area contributed by atoms with Crippen molar-refractivity contribution in [2.75, 3.05) is 0 Å². The third-order valence-corrected chi connectivity index (χ3v) is 8.43. The second kappa shape index (κ2) is 11.1. The van der Waals surface area contributed by atoms with Gasteiger partial charge < -0.3 is 0 Å². The summed E-state index contributed by atoms with van der Waals surface area (Å²) in [6, 6.07) is 16.8. The molecule has 3 nitrogen and oxygen atoms in total. The monoisotopic (exact) mass is 460 g/mol. The van der Waals surface area contributed by atoms with Gasteiger partial charge in [-0.1, -0.05) is 81.8 Å². The van der Waals surface area contributed by atoms with Crippen molar-refractivity contribution in [3.63, 3.8) is 0 Å². The average molecular weight is 461 g/mol. The van der Waals surface area contributed by atoms with Crippen LogP contribution >= 0.6 is 32.9 Å². The summed E-state index contributed by atoms with van der Waals surface area (Å²) in [4.78, 5) is 1.24. The fraction of sp³-hybridized carbons (Fsp3) is 0.250. The standard InChI is InChI=1S/C20H20O3S4.Na.H/c21-27(22,23)17-13-11-15(12-14-17)7-3-1-6-10-18-19(25-26-20(18)24)16-8-4-2-5-9-16;;/h2,4-5,8-9,11-14H,1,3,6-7,10H2,(H,21,22,23);;. The van der Waals surface area contributed by atoms with Crippen LogP contribution in [0.2, 0.25) is 0 Å². The van der Waals surface area contributed by atoms with E-state index in [-0.39, 0.29) is 34.5 Å². The molecule has 3 aromatic rings. The molecule has 0 aliphatic carbocycles. The summed E-state index contributed by atoms with van der Waals surface area (Å²) in [5, 5.41) is 0. The first-order valence-electron chi connectivity index (χ1n) is 8.69. The Balaban J connectivity index is 0.00000280. The van der Waals surface area contributed by atoms with Crippen LogP contribution in [-0.2, 0) is 23.0 Å². The van der Waals surface area contributed by atoms with Crippen molar-refractivity contribution in [3.05, 3.63) is 69.5 Å². The van der Waals surface area contributed by atoms with Gasteiger partial charge in [0, 0.05) is 0 Å². The topological polar surface area (TPSA) is 54.4 Å². The number of hydrogen-bond donors (Lipinski definition) is 1.